The van der Waals surface area contributed by atoms with Crippen LogP contribution in [0.5, 0.6) is 0 Å². The van der Waals surface area contributed by atoms with E-state index in [1.807, 2.05) is 0 Å². The van der Waals surface area contributed by atoms with Crippen LogP contribution >= 0.6 is 0 Å². The molecule has 0 radical (unpaired) electrons. The molecule has 0 spiro atoms. The van der Waals surface area contributed by atoms with Crippen LogP contribution in [-0.2, 0) is 23.8 Å². The van der Waals surface area contributed by atoms with Crippen molar-refractivity contribution >= 4 is 11.9 Å². The highest BCUT2D eigenvalue weighted by atomic mass is 16.6. The van der Waals surface area contributed by atoms with E-state index in [0.717, 1.165) is 44.9 Å². The van der Waals surface area contributed by atoms with Gasteiger partial charge >= 0.3 is 11.9 Å². The van der Waals surface area contributed by atoms with Gasteiger partial charge in [0.1, 0.15) is 6.61 Å². The van der Waals surface area contributed by atoms with E-state index in [9.17, 15) is 9.59 Å². The van der Waals surface area contributed by atoms with Crippen LogP contribution in [0.1, 0.15) is 297 Å². The first kappa shape index (κ1) is 57.6. The molecule has 0 N–H and O–H groups in total. The second kappa shape index (κ2) is 51.0. The predicted octanol–water partition coefficient (Wildman–Crippen LogP) is 17.8. The molecule has 0 rings (SSSR count). The molecule has 0 bridgehead atoms. The van der Waals surface area contributed by atoms with Crippen LogP contribution < -0.4 is 0 Å². The molecule has 0 aliphatic carbocycles. The van der Waals surface area contributed by atoms with Gasteiger partial charge in [-0.05, 0) is 44.9 Å². The molecule has 0 aromatic rings. The topological polar surface area (TPSA) is 61.8 Å². The number of allylic oxidation sites excluding steroid dienone is 2. The molecule has 0 saturated carbocycles. The van der Waals surface area contributed by atoms with Crippen molar-refractivity contribution in [2.24, 2.45) is 0 Å². The van der Waals surface area contributed by atoms with Crippen LogP contribution in [0, 0.1) is 0 Å². The third-order valence-electron chi connectivity index (χ3n) is 12.1. The number of carbonyl (C=O) groups excluding carboxylic acids is 2. The second-order valence-electron chi connectivity index (χ2n) is 18.1. The Balaban J connectivity index is 4.21. The van der Waals surface area contributed by atoms with Crippen molar-refractivity contribution < 1.29 is 23.8 Å². The van der Waals surface area contributed by atoms with Crippen molar-refractivity contribution in [3.8, 4) is 0 Å². The number of ether oxygens (including phenoxy) is 3. The summed E-state index contributed by atoms with van der Waals surface area (Å²) in [6.07, 6.45) is 57.9. The van der Waals surface area contributed by atoms with Crippen LogP contribution in [0.15, 0.2) is 12.2 Å². The number of esters is 2. The zero-order valence-corrected chi connectivity index (χ0v) is 40.3. The van der Waals surface area contributed by atoms with Crippen molar-refractivity contribution in [3.63, 3.8) is 0 Å². The van der Waals surface area contributed by atoms with Crippen LogP contribution in [-0.4, -0.2) is 37.9 Å². The summed E-state index contributed by atoms with van der Waals surface area (Å²) < 4.78 is 17.4. The summed E-state index contributed by atoms with van der Waals surface area (Å²) in [5, 5.41) is 0. The quantitative estimate of drug-likeness (QED) is 0.0347. The van der Waals surface area contributed by atoms with Crippen molar-refractivity contribution in [3.05, 3.63) is 12.2 Å². The Labute approximate surface area is 369 Å². The fourth-order valence-corrected chi connectivity index (χ4v) is 8.04. The first-order valence-corrected chi connectivity index (χ1v) is 26.7. The average molecular weight is 833 g/mol. The Morgan fingerprint density at radius 3 is 1.03 bits per heavy atom. The third-order valence-corrected chi connectivity index (χ3v) is 12.1. The molecule has 0 heterocycles. The first-order valence-electron chi connectivity index (χ1n) is 26.7. The van der Waals surface area contributed by atoms with E-state index in [0.29, 0.717) is 26.1 Å². The van der Waals surface area contributed by atoms with Gasteiger partial charge in [-0.2, -0.15) is 0 Å². The van der Waals surface area contributed by atoms with Gasteiger partial charge in [0.2, 0.25) is 0 Å². The zero-order chi connectivity index (χ0) is 42.8. The standard InChI is InChI=1S/C54H104O5/c1-4-7-10-13-16-19-22-25-27-29-31-34-37-40-43-46-49-57-50-52(51-58-53(55)47-44-41-38-35-32-24-21-18-15-12-9-6-3)59-54(56)48-45-42-39-36-33-30-28-26-23-20-17-14-11-8-5-2/h26,28,52H,4-25,27,29-51H2,1-3H3/b28-26-/t52-/m1/s1. The van der Waals surface area contributed by atoms with Crippen molar-refractivity contribution in [1.29, 1.82) is 0 Å². The predicted molar refractivity (Wildman–Crippen MR) is 256 cm³/mol. The second-order valence-corrected chi connectivity index (χ2v) is 18.1. The van der Waals surface area contributed by atoms with Gasteiger partial charge in [-0.3, -0.25) is 9.59 Å². The van der Waals surface area contributed by atoms with E-state index in [4.69, 9.17) is 14.2 Å². The lowest BCUT2D eigenvalue weighted by atomic mass is 10.0. The molecule has 0 aliphatic heterocycles. The van der Waals surface area contributed by atoms with Gasteiger partial charge in [-0.1, -0.05) is 251 Å². The Bertz CT molecular complexity index is 856. The molecule has 350 valence electrons. The molecule has 0 amide bonds. The highest BCUT2D eigenvalue weighted by molar-refractivity contribution is 5.70. The third kappa shape index (κ3) is 49.2. The van der Waals surface area contributed by atoms with Crippen LogP contribution in [0.4, 0.5) is 0 Å². The van der Waals surface area contributed by atoms with Gasteiger partial charge < -0.3 is 14.2 Å². The summed E-state index contributed by atoms with van der Waals surface area (Å²) in [5.74, 6) is -0.385. The lowest BCUT2D eigenvalue weighted by molar-refractivity contribution is -0.163. The van der Waals surface area contributed by atoms with E-state index < -0.39 is 6.10 Å². The Morgan fingerprint density at radius 1 is 0.356 bits per heavy atom. The number of hydrogen-bond acceptors (Lipinski definition) is 5. The molecular formula is C54H104O5. The summed E-state index contributed by atoms with van der Waals surface area (Å²) >= 11 is 0. The van der Waals surface area contributed by atoms with E-state index >= 15 is 0 Å². The van der Waals surface area contributed by atoms with E-state index in [2.05, 4.69) is 32.9 Å². The summed E-state index contributed by atoms with van der Waals surface area (Å²) in [4.78, 5) is 25.4. The molecule has 1 atom stereocenters. The van der Waals surface area contributed by atoms with Gasteiger partial charge in [-0.15, -0.1) is 0 Å². The van der Waals surface area contributed by atoms with Gasteiger partial charge in [0.05, 0.1) is 6.61 Å². The minimum atomic E-state index is -0.530. The maximum atomic E-state index is 12.8. The molecule has 5 heteroatoms. The maximum absolute atomic E-state index is 12.8. The lowest BCUT2D eigenvalue weighted by Gasteiger charge is -2.18. The molecule has 0 saturated heterocycles. The summed E-state index contributed by atoms with van der Waals surface area (Å²) in [6, 6.07) is 0. The smallest absolute Gasteiger partial charge is 0.306 e. The molecular weight excluding hydrogens is 729 g/mol. The van der Waals surface area contributed by atoms with Crippen molar-refractivity contribution in [2.75, 3.05) is 19.8 Å². The van der Waals surface area contributed by atoms with Gasteiger partial charge in [0.25, 0.3) is 0 Å². The summed E-state index contributed by atoms with van der Waals surface area (Å²) in [6.45, 7) is 7.88. The SMILES string of the molecule is CCCCCCCC/C=C\CCCCCCCC(=O)O[C@H](COCCCCCCCCCCCCCCCCCC)COC(=O)CCCCCCCCCCCCCC. The largest absolute Gasteiger partial charge is 0.462 e. The van der Waals surface area contributed by atoms with Crippen molar-refractivity contribution in [2.45, 2.75) is 303 Å². The molecule has 0 aromatic heterocycles. The fourth-order valence-electron chi connectivity index (χ4n) is 8.04. The minimum absolute atomic E-state index is 0.0914. The number of hydrogen-bond donors (Lipinski definition) is 0. The molecule has 0 fully saturated rings. The molecule has 59 heavy (non-hydrogen) atoms. The van der Waals surface area contributed by atoms with Crippen LogP contribution in [0.3, 0.4) is 0 Å². The first-order chi connectivity index (χ1) is 29.1. The fraction of sp³-hybridized carbons (Fsp3) is 0.926. The van der Waals surface area contributed by atoms with Crippen LogP contribution in [0.2, 0.25) is 0 Å². The molecule has 0 aliphatic rings. The number of carbonyl (C=O) groups is 2. The summed E-state index contributed by atoms with van der Waals surface area (Å²) in [5.41, 5.74) is 0. The zero-order valence-electron chi connectivity index (χ0n) is 40.3. The average Bonchev–Trinajstić information content (AvgIpc) is 3.24. The highest BCUT2D eigenvalue weighted by Crippen LogP contribution is 2.16. The van der Waals surface area contributed by atoms with Gasteiger partial charge in [-0.25, -0.2) is 0 Å². The maximum Gasteiger partial charge on any atom is 0.306 e. The van der Waals surface area contributed by atoms with E-state index in [1.54, 1.807) is 0 Å². The number of unbranched alkanes of at least 4 members (excludes halogenated alkanes) is 37. The normalized spacial score (nSPS) is 12.1. The van der Waals surface area contributed by atoms with E-state index in [1.165, 1.54) is 218 Å². The minimum Gasteiger partial charge on any atom is -0.462 e. The summed E-state index contributed by atoms with van der Waals surface area (Å²) in [7, 11) is 0. The lowest BCUT2D eigenvalue weighted by Crippen LogP contribution is -2.30. The van der Waals surface area contributed by atoms with Crippen LogP contribution in [0.25, 0.3) is 0 Å². The highest BCUT2D eigenvalue weighted by Gasteiger charge is 2.17. The molecule has 0 unspecified atom stereocenters. The Morgan fingerprint density at radius 2 is 0.661 bits per heavy atom. The van der Waals surface area contributed by atoms with Crippen molar-refractivity contribution in [1.82, 2.24) is 0 Å². The van der Waals surface area contributed by atoms with Gasteiger partial charge in [0, 0.05) is 19.4 Å². The Hall–Kier alpha value is -1.36. The molecule has 0 aromatic carbocycles. The molecule has 5 nitrogen and oxygen atoms in total. The number of rotatable bonds is 50. The monoisotopic (exact) mass is 833 g/mol. The van der Waals surface area contributed by atoms with Gasteiger partial charge in [0.15, 0.2) is 6.10 Å². The Kier molecular flexibility index (Phi) is 49.8. The van der Waals surface area contributed by atoms with E-state index in [-0.39, 0.29) is 18.5 Å².